The number of phenolic OH excluding ortho intramolecular Hbond substituents is 2. The highest BCUT2D eigenvalue weighted by atomic mass is 16.5. The summed E-state index contributed by atoms with van der Waals surface area (Å²) in [5.41, 5.74) is 2.29. The molecule has 8 heteroatoms. The van der Waals surface area contributed by atoms with Crippen LogP contribution in [-0.2, 0) is 20.7 Å². The summed E-state index contributed by atoms with van der Waals surface area (Å²) >= 11 is 0. The van der Waals surface area contributed by atoms with Crippen LogP contribution in [0.15, 0.2) is 103 Å². The van der Waals surface area contributed by atoms with Crippen LogP contribution in [0.2, 0.25) is 0 Å². The van der Waals surface area contributed by atoms with Gasteiger partial charge in [0.15, 0.2) is 17.3 Å². The maximum atomic E-state index is 12.2. The third kappa shape index (κ3) is 7.26. The van der Waals surface area contributed by atoms with Crippen LogP contribution in [0.3, 0.4) is 0 Å². The fourth-order valence-electron chi connectivity index (χ4n) is 3.99. The summed E-state index contributed by atoms with van der Waals surface area (Å²) < 4.78 is 15.0. The molecule has 0 radical (unpaired) electrons. The van der Waals surface area contributed by atoms with Gasteiger partial charge in [-0.05, 0) is 53.6 Å². The maximum absolute atomic E-state index is 12.2. The highest BCUT2D eigenvalue weighted by Gasteiger charge is 2.26. The van der Waals surface area contributed by atoms with Gasteiger partial charge in [-0.2, -0.15) is 0 Å². The lowest BCUT2D eigenvalue weighted by atomic mass is 9.85. The molecule has 0 saturated carbocycles. The molecule has 0 bridgehead atoms. The van der Waals surface area contributed by atoms with Crippen LogP contribution >= 0.6 is 0 Å². The van der Waals surface area contributed by atoms with E-state index < -0.39 is 0 Å². The zero-order valence-electron chi connectivity index (χ0n) is 22.4. The van der Waals surface area contributed by atoms with Crippen molar-refractivity contribution in [1.82, 2.24) is 0 Å². The van der Waals surface area contributed by atoms with Crippen molar-refractivity contribution < 1.29 is 38.8 Å². The average molecular weight is 543 g/mol. The van der Waals surface area contributed by atoms with Crippen molar-refractivity contribution in [3.63, 3.8) is 0 Å². The van der Waals surface area contributed by atoms with E-state index in [4.69, 9.17) is 14.2 Å². The molecule has 1 atom stereocenters. The second-order valence-corrected chi connectivity index (χ2v) is 8.68. The zero-order chi connectivity index (χ0) is 29.2. The number of aromatic hydroxyl groups is 2. The van der Waals surface area contributed by atoms with Crippen molar-refractivity contribution in [2.45, 2.75) is 12.3 Å². The Morgan fingerprint density at radius 1 is 0.825 bits per heavy atom. The Bertz CT molecular complexity index is 1450. The predicted molar refractivity (Wildman–Crippen MR) is 150 cm³/mol. The van der Waals surface area contributed by atoms with Crippen LogP contribution in [0.25, 0.3) is 0 Å². The van der Waals surface area contributed by atoms with E-state index in [9.17, 15) is 24.6 Å². The molecule has 4 rings (SSSR count). The fraction of sp³-hybridized carbons (Fsp3) is 0.156. The second-order valence-electron chi connectivity index (χ2n) is 8.68. The summed E-state index contributed by atoms with van der Waals surface area (Å²) in [5.74, 6) is 0.120. The summed E-state index contributed by atoms with van der Waals surface area (Å²) in [6.07, 6.45) is 4.36. The van der Waals surface area contributed by atoms with E-state index in [0.717, 1.165) is 28.7 Å². The number of rotatable bonds is 9. The maximum Gasteiger partial charge on any atom is 0.220 e. The Kier molecular flexibility index (Phi) is 10.0. The summed E-state index contributed by atoms with van der Waals surface area (Å²) in [5, 5.41) is 18.8. The molecule has 0 amide bonds. The molecule has 8 nitrogen and oxygen atoms in total. The first-order valence-corrected chi connectivity index (χ1v) is 12.2. The minimum Gasteiger partial charge on any atom is -0.508 e. The van der Waals surface area contributed by atoms with Gasteiger partial charge >= 0.3 is 0 Å². The standard InChI is InChI=1S/C17H16O4.C15H14O4/c1-4-13(11-5-7-12(20-2)8-6-11)14-9-16(19)17(21-3)10-15(14)18;1-19-12-5-2-10(3-6-12)8-14(17)13-7-4-11(16)9-15(13)18/h4-10,13H,1H2,2-3H3;2-7,9,16,18H,8H2,1H3. The molecular formula is C32H30O8. The lowest BCUT2D eigenvalue weighted by Gasteiger charge is -2.18. The number of methoxy groups -OCH3 is 3. The Labute approximate surface area is 232 Å². The lowest BCUT2D eigenvalue weighted by Crippen LogP contribution is -2.18. The third-order valence-electron chi connectivity index (χ3n) is 6.15. The molecule has 2 N–H and O–H groups in total. The number of phenols is 2. The van der Waals surface area contributed by atoms with Crippen LogP contribution in [0, 0.1) is 0 Å². The number of hydrogen-bond donors (Lipinski definition) is 2. The Balaban J connectivity index is 0.000000222. The quantitative estimate of drug-likeness (QED) is 0.218. The van der Waals surface area contributed by atoms with E-state index in [1.54, 1.807) is 56.7 Å². The van der Waals surface area contributed by atoms with Crippen LogP contribution < -0.4 is 9.47 Å². The smallest absolute Gasteiger partial charge is 0.220 e. The van der Waals surface area contributed by atoms with Gasteiger partial charge in [0.2, 0.25) is 5.78 Å². The molecule has 0 spiro atoms. The van der Waals surface area contributed by atoms with Gasteiger partial charge in [0.1, 0.15) is 23.0 Å². The van der Waals surface area contributed by atoms with Gasteiger partial charge in [-0.15, -0.1) is 6.58 Å². The van der Waals surface area contributed by atoms with Crippen molar-refractivity contribution in [3.05, 3.63) is 120 Å². The predicted octanol–water partition coefficient (Wildman–Crippen LogP) is 5.11. The molecule has 206 valence electrons. The molecule has 1 aliphatic rings. The SMILES string of the molecule is C=CC(C1=CC(=O)C(OC)=CC1=O)c1ccc(OC)cc1.COc1ccc(CC(=O)c2ccc(O)cc2O)cc1. The molecule has 3 aromatic rings. The molecule has 3 aromatic carbocycles. The molecule has 40 heavy (non-hydrogen) atoms. The van der Waals surface area contributed by atoms with Gasteiger partial charge < -0.3 is 24.4 Å². The Morgan fingerprint density at radius 3 is 1.95 bits per heavy atom. The van der Waals surface area contributed by atoms with Crippen molar-refractivity contribution in [1.29, 1.82) is 0 Å². The Morgan fingerprint density at radius 2 is 1.43 bits per heavy atom. The van der Waals surface area contributed by atoms with Gasteiger partial charge in [-0.1, -0.05) is 30.3 Å². The molecule has 1 unspecified atom stereocenters. The van der Waals surface area contributed by atoms with E-state index in [0.29, 0.717) is 5.57 Å². The molecule has 0 aliphatic heterocycles. The van der Waals surface area contributed by atoms with E-state index in [-0.39, 0.29) is 52.5 Å². The number of benzene rings is 3. The highest BCUT2D eigenvalue weighted by molar-refractivity contribution is 6.19. The topological polar surface area (TPSA) is 119 Å². The molecule has 0 saturated heterocycles. The monoisotopic (exact) mass is 542 g/mol. The van der Waals surface area contributed by atoms with Gasteiger partial charge in [-0.3, -0.25) is 14.4 Å². The van der Waals surface area contributed by atoms with Crippen molar-refractivity contribution in [2.24, 2.45) is 0 Å². The largest absolute Gasteiger partial charge is 0.508 e. The minimum absolute atomic E-state index is 0.0568. The normalized spacial score (nSPS) is 13.2. The van der Waals surface area contributed by atoms with Crippen LogP contribution in [0.5, 0.6) is 23.0 Å². The molecule has 0 fully saturated rings. The third-order valence-corrected chi connectivity index (χ3v) is 6.15. The van der Waals surface area contributed by atoms with Gasteiger partial charge in [0.25, 0.3) is 0 Å². The number of ketones is 3. The number of hydrogen-bond acceptors (Lipinski definition) is 8. The Hall–Kier alpha value is -5.11. The summed E-state index contributed by atoms with van der Waals surface area (Å²) in [4.78, 5) is 36.0. The average Bonchev–Trinajstić information content (AvgIpc) is 2.96. The second kappa shape index (κ2) is 13.6. The first kappa shape index (κ1) is 29.4. The molecule has 1 aliphatic carbocycles. The van der Waals surface area contributed by atoms with Gasteiger partial charge in [-0.25, -0.2) is 0 Å². The zero-order valence-corrected chi connectivity index (χ0v) is 22.4. The molecular weight excluding hydrogens is 512 g/mol. The van der Waals surface area contributed by atoms with Crippen LogP contribution in [0.4, 0.5) is 0 Å². The molecule has 0 aromatic heterocycles. The summed E-state index contributed by atoms with van der Waals surface area (Å²) in [6.45, 7) is 3.77. The summed E-state index contributed by atoms with van der Waals surface area (Å²) in [7, 11) is 4.53. The number of Topliss-reactive ketones (excluding diaryl/α,β-unsaturated/α-hetero) is 1. The van der Waals surface area contributed by atoms with Gasteiger partial charge in [0, 0.05) is 30.1 Å². The number of carbonyl (C=O) groups is 3. The van der Waals surface area contributed by atoms with Crippen molar-refractivity contribution in [2.75, 3.05) is 21.3 Å². The van der Waals surface area contributed by atoms with E-state index >= 15 is 0 Å². The lowest BCUT2D eigenvalue weighted by molar-refractivity contribution is -0.117. The van der Waals surface area contributed by atoms with E-state index in [1.807, 2.05) is 12.1 Å². The van der Waals surface area contributed by atoms with Crippen LogP contribution in [-0.4, -0.2) is 48.9 Å². The van der Waals surface area contributed by atoms with E-state index in [1.165, 1.54) is 31.4 Å². The number of carbonyl (C=O) groups excluding carboxylic acids is 3. The van der Waals surface area contributed by atoms with Crippen molar-refractivity contribution >= 4 is 17.3 Å². The first-order valence-electron chi connectivity index (χ1n) is 12.2. The molecule has 0 heterocycles. The van der Waals surface area contributed by atoms with E-state index in [2.05, 4.69) is 6.58 Å². The van der Waals surface area contributed by atoms with Gasteiger partial charge in [0.05, 0.1) is 26.9 Å². The first-order chi connectivity index (χ1) is 19.2. The fourth-order valence-corrected chi connectivity index (χ4v) is 3.99. The number of ether oxygens (including phenoxy) is 3. The highest BCUT2D eigenvalue weighted by Crippen LogP contribution is 2.30. The minimum atomic E-state index is -0.345. The van der Waals surface area contributed by atoms with Crippen molar-refractivity contribution in [3.8, 4) is 23.0 Å². The number of allylic oxidation sites excluding steroid dienone is 4. The van der Waals surface area contributed by atoms with Crippen LogP contribution in [0.1, 0.15) is 27.4 Å². The summed E-state index contributed by atoms with van der Waals surface area (Å²) in [6, 6.07) is 18.4.